The Bertz CT molecular complexity index is 828. The van der Waals surface area contributed by atoms with E-state index in [1.807, 2.05) is 6.92 Å². The van der Waals surface area contributed by atoms with Gasteiger partial charge in [0.2, 0.25) is 0 Å². The highest BCUT2D eigenvalue weighted by Gasteiger charge is 2.25. The topological polar surface area (TPSA) is 110 Å². The first kappa shape index (κ1) is 18.9. The van der Waals surface area contributed by atoms with Crippen LogP contribution in [-0.2, 0) is 16.0 Å². The Kier molecular flexibility index (Phi) is 5.76. The molecule has 0 saturated carbocycles. The second kappa shape index (κ2) is 7.62. The number of amides is 2. The summed E-state index contributed by atoms with van der Waals surface area (Å²) in [6.07, 6.45) is 0.559. The molecule has 134 valence electrons. The molecule has 7 nitrogen and oxygen atoms in total. The number of ether oxygens (including phenoxy) is 1. The minimum atomic E-state index is -1.04. The van der Waals surface area contributed by atoms with E-state index in [0.717, 1.165) is 9.58 Å². The highest BCUT2D eigenvalue weighted by Crippen LogP contribution is 2.38. The molecule has 0 aliphatic rings. The van der Waals surface area contributed by atoms with Gasteiger partial charge in [-0.05, 0) is 32.4 Å². The molecule has 0 aliphatic heterocycles. The van der Waals surface area contributed by atoms with Gasteiger partial charge in [0.25, 0.3) is 17.6 Å². The van der Waals surface area contributed by atoms with Crippen molar-refractivity contribution in [3.8, 4) is 5.75 Å². The van der Waals surface area contributed by atoms with E-state index in [4.69, 9.17) is 10.5 Å². The number of carbonyl (C=O) groups excluding carboxylic acids is 3. The van der Waals surface area contributed by atoms with Gasteiger partial charge < -0.3 is 10.5 Å². The highest BCUT2D eigenvalue weighted by molar-refractivity contribution is 7.19. The van der Waals surface area contributed by atoms with E-state index >= 15 is 0 Å². The zero-order chi connectivity index (χ0) is 18.7. The van der Waals surface area contributed by atoms with Crippen molar-refractivity contribution in [2.75, 3.05) is 6.61 Å². The number of rotatable bonds is 7. The molecule has 0 saturated heterocycles. The Morgan fingerprint density at radius 2 is 2.00 bits per heavy atom. The molecule has 1 heterocycles. The molecule has 0 unspecified atom stereocenters. The lowest BCUT2D eigenvalue weighted by Gasteiger charge is -2.19. The number of primary amides is 1. The standard InChI is InChI=1S/C17H20N2O5S/c1-4-11-15(16(21)17(18)22)14-10(6-5-7-12(14)25-11)24-8-13(20)19(23)9(2)3/h5-7,9,23H,4,8H2,1-3H3,(H2,18,22). The first-order valence-corrected chi connectivity index (χ1v) is 8.61. The third kappa shape index (κ3) is 3.80. The molecule has 25 heavy (non-hydrogen) atoms. The normalized spacial score (nSPS) is 10.9. The monoisotopic (exact) mass is 364 g/mol. The molecule has 1 aromatic carbocycles. The summed E-state index contributed by atoms with van der Waals surface area (Å²) in [5.74, 6) is -2.14. The predicted octanol–water partition coefficient (Wildman–Crippen LogP) is 2.14. The summed E-state index contributed by atoms with van der Waals surface area (Å²) in [6.45, 7) is 4.80. The molecular formula is C17H20N2O5S. The Morgan fingerprint density at radius 1 is 1.32 bits per heavy atom. The lowest BCUT2D eigenvalue weighted by Crippen LogP contribution is -2.37. The van der Waals surface area contributed by atoms with E-state index in [0.29, 0.717) is 22.6 Å². The van der Waals surface area contributed by atoms with E-state index in [-0.39, 0.29) is 11.6 Å². The number of nitrogens with zero attached hydrogens (tertiary/aromatic N) is 1. The van der Waals surface area contributed by atoms with Crippen molar-refractivity contribution in [1.29, 1.82) is 0 Å². The number of aryl methyl sites for hydroxylation is 1. The molecule has 0 radical (unpaired) electrons. The second-order valence-corrected chi connectivity index (χ2v) is 6.83. The Balaban J connectivity index is 2.44. The van der Waals surface area contributed by atoms with Gasteiger partial charge in [-0.15, -0.1) is 11.3 Å². The fourth-order valence-electron chi connectivity index (χ4n) is 2.39. The number of hydrogen-bond donors (Lipinski definition) is 2. The number of thiophene rings is 1. The van der Waals surface area contributed by atoms with Crippen molar-refractivity contribution in [2.45, 2.75) is 33.2 Å². The third-order valence-electron chi connectivity index (χ3n) is 3.62. The van der Waals surface area contributed by atoms with Gasteiger partial charge >= 0.3 is 0 Å². The van der Waals surface area contributed by atoms with Crippen molar-refractivity contribution in [3.63, 3.8) is 0 Å². The molecule has 2 aromatic rings. The average Bonchev–Trinajstić information content (AvgIpc) is 2.96. The van der Waals surface area contributed by atoms with Crippen molar-refractivity contribution < 1.29 is 24.3 Å². The lowest BCUT2D eigenvalue weighted by molar-refractivity contribution is -0.174. The molecule has 8 heteroatoms. The third-order valence-corrected chi connectivity index (χ3v) is 4.92. The Morgan fingerprint density at radius 3 is 2.56 bits per heavy atom. The first-order valence-electron chi connectivity index (χ1n) is 7.80. The SMILES string of the molecule is CCc1sc2cccc(OCC(=O)N(O)C(C)C)c2c1C(=O)C(N)=O. The molecule has 3 N–H and O–H groups in total. The number of hydroxylamine groups is 2. The van der Waals surface area contributed by atoms with Crippen LogP contribution >= 0.6 is 11.3 Å². The van der Waals surface area contributed by atoms with Gasteiger partial charge in [-0.25, -0.2) is 5.06 Å². The Labute approximate surface area is 148 Å². The van der Waals surface area contributed by atoms with Crippen LogP contribution in [0.5, 0.6) is 5.75 Å². The largest absolute Gasteiger partial charge is 0.483 e. The van der Waals surface area contributed by atoms with Gasteiger partial charge in [-0.3, -0.25) is 19.6 Å². The molecule has 0 atom stereocenters. The van der Waals surface area contributed by atoms with Crippen LogP contribution in [0.1, 0.15) is 36.0 Å². The number of benzene rings is 1. The maximum absolute atomic E-state index is 12.2. The quantitative estimate of drug-likeness (QED) is 0.338. The molecule has 0 fully saturated rings. The van der Waals surface area contributed by atoms with Gasteiger partial charge in [0, 0.05) is 15.0 Å². The number of fused-ring (bicyclic) bond motifs is 1. The summed E-state index contributed by atoms with van der Waals surface area (Å²) in [5, 5.41) is 10.7. The molecule has 0 bridgehead atoms. The molecule has 1 aromatic heterocycles. The zero-order valence-electron chi connectivity index (χ0n) is 14.2. The van der Waals surface area contributed by atoms with Gasteiger partial charge in [0.1, 0.15) is 5.75 Å². The van der Waals surface area contributed by atoms with Crippen molar-refractivity contribution in [2.24, 2.45) is 5.73 Å². The van der Waals surface area contributed by atoms with Crippen LogP contribution in [0, 0.1) is 0 Å². The van der Waals surface area contributed by atoms with Crippen LogP contribution in [0.3, 0.4) is 0 Å². The molecule has 2 amide bonds. The maximum Gasteiger partial charge on any atom is 0.289 e. The van der Waals surface area contributed by atoms with Crippen LogP contribution in [0.25, 0.3) is 10.1 Å². The van der Waals surface area contributed by atoms with E-state index in [2.05, 4.69) is 0 Å². The van der Waals surface area contributed by atoms with Crippen LogP contribution in [0.2, 0.25) is 0 Å². The molecule has 0 spiro atoms. The fourth-order valence-corrected chi connectivity index (χ4v) is 3.55. The van der Waals surface area contributed by atoms with Crippen LogP contribution in [0.15, 0.2) is 18.2 Å². The van der Waals surface area contributed by atoms with Crippen molar-refractivity contribution in [1.82, 2.24) is 5.06 Å². The second-order valence-electron chi connectivity index (χ2n) is 5.70. The minimum absolute atomic E-state index is 0.225. The Hall–Kier alpha value is -2.45. The lowest BCUT2D eigenvalue weighted by atomic mass is 10.0. The van der Waals surface area contributed by atoms with Gasteiger partial charge in [-0.1, -0.05) is 13.0 Å². The van der Waals surface area contributed by atoms with Crippen LogP contribution in [-0.4, -0.2) is 40.5 Å². The van der Waals surface area contributed by atoms with Crippen molar-refractivity contribution >= 4 is 39.0 Å². The summed E-state index contributed by atoms with van der Waals surface area (Å²) in [7, 11) is 0. The summed E-state index contributed by atoms with van der Waals surface area (Å²) < 4.78 is 6.29. The number of nitrogens with two attached hydrogens (primary N) is 1. The summed E-state index contributed by atoms with van der Waals surface area (Å²) in [6, 6.07) is 4.76. The fraction of sp³-hybridized carbons (Fsp3) is 0.353. The predicted molar refractivity (Wildman–Crippen MR) is 94.0 cm³/mol. The number of carbonyl (C=O) groups is 3. The van der Waals surface area contributed by atoms with E-state index in [1.54, 1.807) is 32.0 Å². The molecule has 0 aliphatic carbocycles. The smallest absolute Gasteiger partial charge is 0.289 e. The number of Topliss-reactive ketones (excluding diaryl/α,β-unsaturated/α-hetero) is 1. The van der Waals surface area contributed by atoms with Gasteiger partial charge in [-0.2, -0.15) is 0 Å². The summed E-state index contributed by atoms with van der Waals surface area (Å²) in [4.78, 5) is 36.3. The maximum atomic E-state index is 12.2. The average molecular weight is 364 g/mol. The van der Waals surface area contributed by atoms with Crippen LogP contribution < -0.4 is 10.5 Å². The molecular weight excluding hydrogens is 344 g/mol. The first-order chi connectivity index (χ1) is 11.8. The van der Waals surface area contributed by atoms with E-state index < -0.39 is 24.2 Å². The zero-order valence-corrected chi connectivity index (χ0v) is 15.1. The van der Waals surface area contributed by atoms with E-state index in [9.17, 15) is 19.6 Å². The summed E-state index contributed by atoms with van der Waals surface area (Å²) >= 11 is 1.38. The van der Waals surface area contributed by atoms with Crippen LogP contribution in [0.4, 0.5) is 0 Å². The minimum Gasteiger partial charge on any atom is -0.483 e. The van der Waals surface area contributed by atoms with Crippen molar-refractivity contribution in [3.05, 3.63) is 28.6 Å². The number of hydrogen-bond acceptors (Lipinski definition) is 6. The number of ketones is 1. The van der Waals surface area contributed by atoms with Gasteiger partial charge in [0.05, 0.1) is 11.6 Å². The molecule has 2 rings (SSSR count). The van der Waals surface area contributed by atoms with Gasteiger partial charge in [0.15, 0.2) is 6.61 Å². The highest BCUT2D eigenvalue weighted by atomic mass is 32.1. The van der Waals surface area contributed by atoms with E-state index in [1.165, 1.54) is 11.3 Å². The summed E-state index contributed by atoms with van der Waals surface area (Å²) in [5.41, 5.74) is 5.39.